The van der Waals surface area contributed by atoms with E-state index in [0.29, 0.717) is 16.8 Å². The lowest BCUT2D eigenvalue weighted by atomic mass is 10.2. The standard InChI is InChI=1S/C23H13Cl2F2N7O2S/c24-13-2-1-3-18(19(13)25)37(35,36)34-16-5-4-14(26)21(20(16)27)33-23-22-17(30-11-31-23)7-6-15(32-22)12-8-28-10-29-9-12/h1-11,34H,(H,30,31,33). The summed E-state index contributed by atoms with van der Waals surface area (Å²) in [6, 6.07) is 9.16. The summed E-state index contributed by atoms with van der Waals surface area (Å²) in [5.74, 6) is -2.24. The lowest BCUT2D eigenvalue weighted by Crippen LogP contribution is -2.15. The summed E-state index contributed by atoms with van der Waals surface area (Å²) in [5, 5.41) is 2.33. The van der Waals surface area contributed by atoms with Gasteiger partial charge in [-0.15, -0.1) is 0 Å². The molecule has 0 spiro atoms. The Hall–Kier alpha value is -4.00. The molecule has 0 saturated carbocycles. The summed E-state index contributed by atoms with van der Waals surface area (Å²) in [6.45, 7) is 0. The zero-order chi connectivity index (χ0) is 26.2. The molecule has 0 saturated heterocycles. The predicted octanol–water partition coefficient (Wildman–Crippen LogP) is 5.61. The molecule has 0 aliphatic heterocycles. The highest BCUT2D eigenvalue weighted by Crippen LogP contribution is 2.34. The minimum Gasteiger partial charge on any atom is -0.333 e. The summed E-state index contributed by atoms with van der Waals surface area (Å²) in [4.78, 5) is 20.2. The van der Waals surface area contributed by atoms with Gasteiger partial charge in [-0.3, -0.25) is 4.72 Å². The Kier molecular flexibility index (Phi) is 6.54. The van der Waals surface area contributed by atoms with Gasteiger partial charge in [0.25, 0.3) is 10.0 Å². The van der Waals surface area contributed by atoms with Crippen molar-refractivity contribution in [1.29, 1.82) is 0 Å². The quantitative estimate of drug-likeness (QED) is 0.275. The molecule has 0 unspecified atom stereocenters. The lowest BCUT2D eigenvalue weighted by Gasteiger charge is -2.15. The molecular formula is C23H13Cl2F2N7O2S. The Balaban J connectivity index is 1.54. The summed E-state index contributed by atoms with van der Waals surface area (Å²) in [7, 11) is -4.37. The Morgan fingerprint density at radius 3 is 2.46 bits per heavy atom. The monoisotopic (exact) mass is 559 g/mol. The minimum atomic E-state index is -4.37. The van der Waals surface area contributed by atoms with Crippen LogP contribution in [0.4, 0.5) is 26.0 Å². The number of pyridine rings is 1. The van der Waals surface area contributed by atoms with Crippen LogP contribution >= 0.6 is 23.2 Å². The van der Waals surface area contributed by atoms with Gasteiger partial charge in [-0.2, -0.15) is 0 Å². The van der Waals surface area contributed by atoms with Crippen molar-refractivity contribution >= 4 is 61.5 Å². The molecule has 3 heterocycles. The second-order valence-electron chi connectivity index (χ2n) is 7.48. The number of rotatable bonds is 6. The largest absolute Gasteiger partial charge is 0.333 e. The molecule has 186 valence electrons. The third-order valence-corrected chi connectivity index (χ3v) is 7.46. The Morgan fingerprint density at radius 2 is 1.68 bits per heavy atom. The van der Waals surface area contributed by atoms with Crippen molar-refractivity contribution in [2.45, 2.75) is 4.90 Å². The van der Waals surface area contributed by atoms with Gasteiger partial charge in [0.2, 0.25) is 0 Å². The summed E-state index contributed by atoms with van der Waals surface area (Å²) in [6.07, 6.45) is 5.67. The molecule has 0 aliphatic rings. The van der Waals surface area contributed by atoms with E-state index in [1.807, 2.05) is 0 Å². The number of hydrogen-bond acceptors (Lipinski definition) is 8. The molecule has 3 aromatic heterocycles. The number of benzene rings is 2. The molecule has 0 aliphatic carbocycles. The number of hydrogen-bond donors (Lipinski definition) is 2. The van der Waals surface area contributed by atoms with Gasteiger partial charge in [-0.05, 0) is 36.4 Å². The number of fused-ring (bicyclic) bond motifs is 1. The van der Waals surface area contributed by atoms with Crippen LogP contribution in [0.2, 0.25) is 10.0 Å². The fourth-order valence-corrected chi connectivity index (χ4v) is 5.20. The van der Waals surface area contributed by atoms with Crippen molar-refractivity contribution in [3.05, 3.63) is 89.2 Å². The molecule has 5 rings (SSSR count). The number of nitrogens with one attached hydrogen (secondary N) is 2. The van der Waals surface area contributed by atoms with E-state index in [-0.39, 0.29) is 26.3 Å². The first-order chi connectivity index (χ1) is 17.7. The van der Waals surface area contributed by atoms with Gasteiger partial charge in [0.05, 0.1) is 26.9 Å². The van der Waals surface area contributed by atoms with Crippen LogP contribution in [-0.4, -0.2) is 33.3 Å². The lowest BCUT2D eigenvalue weighted by molar-refractivity contribution is 0.588. The fourth-order valence-electron chi connectivity index (χ4n) is 3.38. The van der Waals surface area contributed by atoms with Crippen molar-refractivity contribution < 1.29 is 17.2 Å². The Morgan fingerprint density at radius 1 is 0.892 bits per heavy atom. The van der Waals surface area contributed by atoms with E-state index in [2.05, 4.69) is 35.0 Å². The topological polar surface area (TPSA) is 123 Å². The van der Waals surface area contributed by atoms with Crippen LogP contribution in [0.5, 0.6) is 0 Å². The zero-order valence-electron chi connectivity index (χ0n) is 18.3. The fraction of sp³-hybridized carbons (Fsp3) is 0. The van der Waals surface area contributed by atoms with Crippen LogP contribution in [0.15, 0.2) is 72.4 Å². The SMILES string of the molecule is O=S(=O)(Nc1ccc(F)c(Nc2ncnc3ccc(-c4cncnc4)nc23)c1F)c1cccc(Cl)c1Cl. The van der Waals surface area contributed by atoms with Gasteiger partial charge < -0.3 is 5.32 Å². The van der Waals surface area contributed by atoms with Crippen molar-refractivity contribution in [3.63, 3.8) is 0 Å². The molecule has 0 fully saturated rings. The summed E-state index contributed by atoms with van der Waals surface area (Å²) >= 11 is 11.9. The maximum absolute atomic E-state index is 15.4. The third-order valence-electron chi connectivity index (χ3n) is 5.12. The first-order valence-electron chi connectivity index (χ1n) is 10.3. The molecule has 0 bridgehead atoms. The summed E-state index contributed by atoms with van der Waals surface area (Å²) < 4.78 is 57.9. The molecular weight excluding hydrogens is 547 g/mol. The number of sulfonamides is 1. The number of anilines is 3. The van der Waals surface area contributed by atoms with E-state index in [0.717, 1.165) is 12.1 Å². The average Bonchev–Trinajstić information content (AvgIpc) is 2.90. The maximum atomic E-state index is 15.4. The molecule has 9 nitrogen and oxygen atoms in total. The van der Waals surface area contributed by atoms with Crippen molar-refractivity contribution in [1.82, 2.24) is 24.9 Å². The van der Waals surface area contributed by atoms with Crippen LogP contribution in [-0.2, 0) is 10.0 Å². The van der Waals surface area contributed by atoms with E-state index in [9.17, 15) is 12.8 Å². The highest BCUT2D eigenvalue weighted by Gasteiger charge is 2.24. The van der Waals surface area contributed by atoms with Gasteiger partial charge in [-0.1, -0.05) is 29.3 Å². The molecule has 2 aromatic carbocycles. The van der Waals surface area contributed by atoms with Crippen molar-refractivity contribution in [3.8, 4) is 11.3 Å². The summed E-state index contributed by atoms with van der Waals surface area (Å²) in [5.41, 5.74) is 0.492. The zero-order valence-corrected chi connectivity index (χ0v) is 20.7. The minimum absolute atomic E-state index is 0.00366. The van der Waals surface area contributed by atoms with Gasteiger partial charge in [0.1, 0.15) is 34.6 Å². The van der Waals surface area contributed by atoms with Gasteiger partial charge >= 0.3 is 0 Å². The highest BCUT2D eigenvalue weighted by molar-refractivity contribution is 7.92. The molecule has 5 aromatic rings. The first-order valence-corrected chi connectivity index (χ1v) is 12.6. The van der Waals surface area contributed by atoms with Crippen molar-refractivity contribution in [2.24, 2.45) is 0 Å². The van der Waals surface area contributed by atoms with Crippen LogP contribution in [0, 0.1) is 11.6 Å². The third kappa shape index (κ3) is 4.86. The molecule has 0 atom stereocenters. The van der Waals surface area contributed by atoms with Crippen LogP contribution in [0.25, 0.3) is 22.3 Å². The normalized spacial score (nSPS) is 11.5. The maximum Gasteiger partial charge on any atom is 0.263 e. The van der Waals surface area contributed by atoms with Gasteiger partial charge in [-0.25, -0.2) is 42.1 Å². The van der Waals surface area contributed by atoms with Gasteiger partial charge in [0, 0.05) is 18.0 Å². The van der Waals surface area contributed by atoms with E-state index in [4.69, 9.17) is 23.2 Å². The molecule has 0 radical (unpaired) electrons. The highest BCUT2D eigenvalue weighted by atomic mass is 35.5. The van der Waals surface area contributed by atoms with E-state index < -0.39 is 33.0 Å². The van der Waals surface area contributed by atoms with Gasteiger partial charge in [0.15, 0.2) is 11.6 Å². The number of aromatic nitrogens is 5. The van der Waals surface area contributed by atoms with E-state index in [1.165, 1.54) is 30.9 Å². The van der Waals surface area contributed by atoms with Crippen LogP contribution in [0.1, 0.15) is 0 Å². The molecule has 0 amide bonds. The van der Waals surface area contributed by atoms with E-state index in [1.54, 1.807) is 24.5 Å². The predicted molar refractivity (Wildman–Crippen MR) is 135 cm³/mol. The van der Waals surface area contributed by atoms with Crippen LogP contribution in [0.3, 0.4) is 0 Å². The second-order valence-corrected chi connectivity index (χ2v) is 9.92. The molecule has 2 N–H and O–H groups in total. The molecule has 14 heteroatoms. The Labute approximate surface area is 218 Å². The number of nitrogens with zero attached hydrogens (tertiary/aromatic N) is 5. The first kappa shape index (κ1) is 24.7. The number of halogens is 4. The van der Waals surface area contributed by atoms with Crippen molar-refractivity contribution in [2.75, 3.05) is 10.0 Å². The average molecular weight is 560 g/mol. The Bertz CT molecular complexity index is 1760. The van der Waals surface area contributed by atoms with Crippen LogP contribution < -0.4 is 10.0 Å². The second kappa shape index (κ2) is 9.81. The smallest absolute Gasteiger partial charge is 0.263 e. The van der Waals surface area contributed by atoms with E-state index >= 15 is 4.39 Å². The molecule has 37 heavy (non-hydrogen) atoms.